The largest absolute Gasteiger partial charge is 0.380 e. The van der Waals surface area contributed by atoms with Gasteiger partial charge in [-0.05, 0) is 42.7 Å². The molecule has 0 saturated carbocycles. The molecule has 0 aliphatic carbocycles. The number of rotatable bonds is 2. The maximum atomic E-state index is 5.11. The standard InChI is InChI=1S/C10H13BrO/c1-7-4-9(11)5-8(2)10(7)6-12-3/h4-5H,6H2,1-3H3. The third-order valence-electron chi connectivity index (χ3n) is 1.95. The summed E-state index contributed by atoms with van der Waals surface area (Å²) >= 11 is 3.46. The van der Waals surface area contributed by atoms with Crippen molar-refractivity contribution in [3.05, 3.63) is 33.3 Å². The minimum Gasteiger partial charge on any atom is -0.380 e. The van der Waals surface area contributed by atoms with Crippen molar-refractivity contribution in [3.8, 4) is 0 Å². The van der Waals surface area contributed by atoms with Gasteiger partial charge in [0.15, 0.2) is 0 Å². The predicted octanol–water partition coefficient (Wildman–Crippen LogP) is 3.21. The second-order valence-electron chi connectivity index (χ2n) is 2.95. The lowest BCUT2D eigenvalue weighted by Crippen LogP contribution is -1.95. The summed E-state index contributed by atoms with van der Waals surface area (Å²) in [5.74, 6) is 0. The van der Waals surface area contributed by atoms with Crippen LogP contribution in [0, 0.1) is 13.8 Å². The molecule has 0 radical (unpaired) electrons. The van der Waals surface area contributed by atoms with Crippen LogP contribution in [0.2, 0.25) is 0 Å². The zero-order valence-electron chi connectivity index (χ0n) is 7.65. The summed E-state index contributed by atoms with van der Waals surface area (Å²) in [5, 5.41) is 0. The molecule has 12 heavy (non-hydrogen) atoms. The number of ether oxygens (including phenoxy) is 1. The molecule has 0 aliphatic rings. The van der Waals surface area contributed by atoms with Crippen molar-refractivity contribution in [1.82, 2.24) is 0 Å². The fourth-order valence-corrected chi connectivity index (χ4v) is 2.00. The van der Waals surface area contributed by atoms with Crippen LogP contribution in [-0.4, -0.2) is 7.11 Å². The molecule has 0 unspecified atom stereocenters. The normalized spacial score (nSPS) is 10.3. The Kier molecular flexibility index (Phi) is 3.29. The first-order valence-electron chi connectivity index (χ1n) is 3.89. The van der Waals surface area contributed by atoms with E-state index in [4.69, 9.17) is 4.74 Å². The highest BCUT2D eigenvalue weighted by molar-refractivity contribution is 9.10. The molecule has 0 bridgehead atoms. The molecule has 0 spiro atoms. The van der Waals surface area contributed by atoms with E-state index in [1.807, 2.05) is 0 Å². The van der Waals surface area contributed by atoms with Crippen LogP contribution in [0.15, 0.2) is 16.6 Å². The summed E-state index contributed by atoms with van der Waals surface area (Å²) in [6, 6.07) is 4.22. The van der Waals surface area contributed by atoms with Gasteiger partial charge in [-0.15, -0.1) is 0 Å². The minimum absolute atomic E-state index is 0.699. The van der Waals surface area contributed by atoms with Crippen LogP contribution in [0.3, 0.4) is 0 Å². The Labute approximate surface area is 81.9 Å². The van der Waals surface area contributed by atoms with E-state index in [0.717, 1.165) is 4.47 Å². The number of aryl methyl sites for hydroxylation is 2. The average Bonchev–Trinajstić information content (AvgIpc) is 1.96. The van der Waals surface area contributed by atoms with Crippen LogP contribution in [0.4, 0.5) is 0 Å². The first-order chi connectivity index (χ1) is 5.65. The third-order valence-corrected chi connectivity index (χ3v) is 2.41. The van der Waals surface area contributed by atoms with Gasteiger partial charge in [0.05, 0.1) is 6.61 Å². The summed E-state index contributed by atoms with van der Waals surface area (Å²) in [6.45, 7) is 4.91. The van der Waals surface area contributed by atoms with Crippen molar-refractivity contribution in [2.24, 2.45) is 0 Å². The summed E-state index contributed by atoms with van der Waals surface area (Å²) in [7, 11) is 1.72. The van der Waals surface area contributed by atoms with E-state index in [-0.39, 0.29) is 0 Å². The molecule has 1 rings (SSSR count). The number of methoxy groups -OCH3 is 1. The lowest BCUT2D eigenvalue weighted by atomic mass is 10.0. The van der Waals surface area contributed by atoms with Gasteiger partial charge in [-0.25, -0.2) is 0 Å². The molecule has 0 N–H and O–H groups in total. The van der Waals surface area contributed by atoms with E-state index in [2.05, 4.69) is 41.9 Å². The molecule has 1 nitrogen and oxygen atoms in total. The number of hydrogen-bond acceptors (Lipinski definition) is 1. The van der Waals surface area contributed by atoms with Gasteiger partial charge < -0.3 is 4.74 Å². The van der Waals surface area contributed by atoms with Gasteiger partial charge in [0, 0.05) is 11.6 Å². The second kappa shape index (κ2) is 4.06. The van der Waals surface area contributed by atoms with Crippen LogP contribution in [0.25, 0.3) is 0 Å². The predicted molar refractivity (Wildman–Crippen MR) is 54.3 cm³/mol. The maximum Gasteiger partial charge on any atom is 0.0718 e. The fourth-order valence-electron chi connectivity index (χ4n) is 1.31. The Balaban J connectivity index is 3.10. The summed E-state index contributed by atoms with van der Waals surface area (Å²) in [6.07, 6.45) is 0. The van der Waals surface area contributed by atoms with Crippen molar-refractivity contribution in [3.63, 3.8) is 0 Å². The van der Waals surface area contributed by atoms with E-state index in [1.165, 1.54) is 16.7 Å². The molecule has 0 aliphatic heterocycles. The Morgan fingerprint density at radius 2 is 1.75 bits per heavy atom. The molecule has 1 aromatic carbocycles. The Bertz CT molecular complexity index is 258. The molecular weight excluding hydrogens is 216 g/mol. The number of halogens is 1. The van der Waals surface area contributed by atoms with Gasteiger partial charge in [0.25, 0.3) is 0 Å². The SMILES string of the molecule is COCc1c(C)cc(Br)cc1C. The Hall–Kier alpha value is -0.340. The zero-order valence-corrected chi connectivity index (χ0v) is 9.23. The van der Waals surface area contributed by atoms with Gasteiger partial charge in [-0.1, -0.05) is 15.9 Å². The van der Waals surface area contributed by atoms with Gasteiger partial charge in [-0.2, -0.15) is 0 Å². The lowest BCUT2D eigenvalue weighted by molar-refractivity contribution is 0.184. The van der Waals surface area contributed by atoms with E-state index in [9.17, 15) is 0 Å². The zero-order chi connectivity index (χ0) is 9.14. The van der Waals surface area contributed by atoms with Gasteiger partial charge >= 0.3 is 0 Å². The van der Waals surface area contributed by atoms with Crippen molar-refractivity contribution in [1.29, 1.82) is 0 Å². The fraction of sp³-hybridized carbons (Fsp3) is 0.400. The quantitative estimate of drug-likeness (QED) is 0.756. The Morgan fingerprint density at radius 3 is 2.17 bits per heavy atom. The number of hydrogen-bond donors (Lipinski definition) is 0. The summed E-state index contributed by atoms with van der Waals surface area (Å²) < 4.78 is 6.25. The first-order valence-corrected chi connectivity index (χ1v) is 4.69. The van der Waals surface area contributed by atoms with Crippen LogP contribution in [0.1, 0.15) is 16.7 Å². The minimum atomic E-state index is 0.699. The van der Waals surface area contributed by atoms with Crippen molar-refractivity contribution >= 4 is 15.9 Å². The molecule has 2 heteroatoms. The molecule has 0 heterocycles. The van der Waals surface area contributed by atoms with Crippen LogP contribution < -0.4 is 0 Å². The number of benzene rings is 1. The summed E-state index contributed by atoms with van der Waals surface area (Å²) in [5.41, 5.74) is 3.85. The topological polar surface area (TPSA) is 9.23 Å². The first kappa shape index (κ1) is 9.75. The molecule has 1 aromatic rings. The second-order valence-corrected chi connectivity index (χ2v) is 3.87. The summed E-state index contributed by atoms with van der Waals surface area (Å²) in [4.78, 5) is 0. The van der Waals surface area contributed by atoms with Crippen molar-refractivity contribution < 1.29 is 4.74 Å². The molecular formula is C10H13BrO. The highest BCUT2D eigenvalue weighted by atomic mass is 79.9. The Morgan fingerprint density at radius 1 is 1.25 bits per heavy atom. The third kappa shape index (κ3) is 2.08. The van der Waals surface area contributed by atoms with E-state index < -0.39 is 0 Å². The molecule has 66 valence electrons. The van der Waals surface area contributed by atoms with Gasteiger partial charge in [-0.3, -0.25) is 0 Å². The van der Waals surface area contributed by atoms with Crippen LogP contribution >= 0.6 is 15.9 Å². The molecule has 0 atom stereocenters. The molecule has 0 aromatic heterocycles. The molecule has 0 saturated heterocycles. The lowest BCUT2D eigenvalue weighted by Gasteiger charge is -2.08. The van der Waals surface area contributed by atoms with Crippen LogP contribution in [-0.2, 0) is 11.3 Å². The van der Waals surface area contributed by atoms with E-state index >= 15 is 0 Å². The van der Waals surface area contributed by atoms with E-state index in [1.54, 1.807) is 7.11 Å². The van der Waals surface area contributed by atoms with E-state index in [0.29, 0.717) is 6.61 Å². The molecule has 0 amide bonds. The molecule has 0 fully saturated rings. The van der Waals surface area contributed by atoms with Gasteiger partial charge in [0.2, 0.25) is 0 Å². The highest BCUT2D eigenvalue weighted by Crippen LogP contribution is 2.20. The van der Waals surface area contributed by atoms with Gasteiger partial charge in [0.1, 0.15) is 0 Å². The highest BCUT2D eigenvalue weighted by Gasteiger charge is 2.02. The monoisotopic (exact) mass is 228 g/mol. The average molecular weight is 229 g/mol. The smallest absolute Gasteiger partial charge is 0.0718 e. The van der Waals surface area contributed by atoms with Crippen molar-refractivity contribution in [2.45, 2.75) is 20.5 Å². The van der Waals surface area contributed by atoms with Crippen molar-refractivity contribution in [2.75, 3.05) is 7.11 Å². The maximum absolute atomic E-state index is 5.11. The van der Waals surface area contributed by atoms with Crippen LogP contribution in [0.5, 0.6) is 0 Å².